The maximum absolute atomic E-state index is 5.82. The lowest BCUT2D eigenvalue weighted by molar-refractivity contribution is 0.319. The molecule has 0 radical (unpaired) electrons. The minimum Gasteiger partial charge on any atom is -0.457 e. The molecule has 0 fully saturated rings. The van der Waals surface area contributed by atoms with Crippen molar-refractivity contribution < 1.29 is 4.74 Å². The van der Waals surface area contributed by atoms with Gasteiger partial charge in [-0.2, -0.15) is 0 Å². The normalized spacial score (nSPS) is 10.7. The smallest absolute Gasteiger partial charge is 0.127 e. The van der Waals surface area contributed by atoms with Gasteiger partial charge in [0.15, 0.2) is 0 Å². The van der Waals surface area contributed by atoms with Crippen molar-refractivity contribution in [3.05, 3.63) is 96.1 Å². The number of para-hydroxylation sites is 1. The van der Waals surface area contributed by atoms with Gasteiger partial charge in [0.25, 0.3) is 0 Å². The van der Waals surface area contributed by atoms with Gasteiger partial charge < -0.3 is 4.74 Å². The van der Waals surface area contributed by atoms with Crippen LogP contribution in [-0.4, -0.2) is 11.9 Å². The summed E-state index contributed by atoms with van der Waals surface area (Å²) < 4.78 is 5.82. The second-order valence-corrected chi connectivity index (χ2v) is 5.72. The monoisotopic (exact) mass is 303 g/mol. The summed E-state index contributed by atoms with van der Waals surface area (Å²) >= 11 is 0. The van der Waals surface area contributed by atoms with Gasteiger partial charge in [0, 0.05) is 13.1 Å². The summed E-state index contributed by atoms with van der Waals surface area (Å²) in [5, 5.41) is 0. The average molecular weight is 303 g/mol. The Labute approximate surface area is 138 Å². The Hall–Kier alpha value is -2.58. The van der Waals surface area contributed by atoms with Crippen LogP contribution in [0.2, 0.25) is 0 Å². The first-order valence-electron chi connectivity index (χ1n) is 7.84. The van der Waals surface area contributed by atoms with Crippen molar-refractivity contribution in [3.63, 3.8) is 0 Å². The molecule has 2 nitrogen and oxygen atoms in total. The van der Waals surface area contributed by atoms with E-state index < -0.39 is 0 Å². The van der Waals surface area contributed by atoms with E-state index in [1.54, 1.807) is 0 Å². The van der Waals surface area contributed by atoms with E-state index in [0.717, 1.165) is 24.6 Å². The quantitative estimate of drug-likeness (QED) is 0.627. The summed E-state index contributed by atoms with van der Waals surface area (Å²) in [6.07, 6.45) is 0. The second kappa shape index (κ2) is 7.61. The van der Waals surface area contributed by atoms with Crippen molar-refractivity contribution >= 4 is 0 Å². The van der Waals surface area contributed by atoms with E-state index >= 15 is 0 Å². The van der Waals surface area contributed by atoms with Gasteiger partial charge in [0.2, 0.25) is 0 Å². The number of hydrogen-bond donors (Lipinski definition) is 0. The van der Waals surface area contributed by atoms with Gasteiger partial charge in [-0.1, -0.05) is 60.7 Å². The number of rotatable bonds is 6. The van der Waals surface area contributed by atoms with Crippen molar-refractivity contribution in [2.45, 2.75) is 13.1 Å². The van der Waals surface area contributed by atoms with Crippen LogP contribution in [0.15, 0.2) is 84.9 Å². The molecule has 0 bridgehead atoms. The predicted octanol–water partition coefficient (Wildman–Crippen LogP) is 5.11. The molecule has 0 spiro atoms. The Bertz CT molecular complexity index is 708. The van der Waals surface area contributed by atoms with E-state index in [0.29, 0.717) is 0 Å². The Morgan fingerprint density at radius 1 is 0.609 bits per heavy atom. The molecule has 3 rings (SSSR count). The third-order valence-corrected chi connectivity index (χ3v) is 3.65. The SMILES string of the molecule is CN(Cc1ccccc1)Cc1ccc(Oc2ccccc2)cc1. The zero-order valence-electron chi connectivity index (χ0n) is 13.4. The Balaban J connectivity index is 1.57. The molecule has 0 aromatic heterocycles. The molecule has 0 aliphatic rings. The van der Waals surface area contributed by atoms with Crippen molar-refractivity contribution in [1.29, 1.82) is 0 Å². The van der Waals surface area contributed by atoms with E-state index in [1.807, 2.05) is 42.5 Å². The van der Waals surface area contributed by atoms with E-state index in [-0.39, 0.29) is 0 Å². The summed E-state index contributed by atoms with van der Waals surface area (Å²) in [4.78, 5) is 2.31. The van der Waals surface area contributed by atoms with Gasteiger partial charge in [0.1, 0.15) is 11.5 Å². The Kier molecular flexibility index (Phi) is 5.07. The first kappa shape index (κ1) is 15.3. The van der Waals surface area contributed by atoms with Crippen molar-refractivity contribution in [1.82, 2.24) is 4.90 Å². The first-order valence-corrected chi connectivity index (χ1v) is 7.84. The minimum absolute atomic E-state index is 0.862. The number of hydrogen-bond acceptors (Lipinski definition) is 2. The van der Waals surface area contributed by atoms with Gasteiger partial charge in [-0.3, -0.25) is 4.90 Å². The highest BCUT2D eigenvalue weighted by molar-refractivity contribution is 5.33. The predicted molar refractivity (Wildman–Crippen MR) is 94.6 cm³/mol. The molecule has 3 aromatic carbocycles. The fourth-order valence-corrected chi connectivity index (χ4v) is 2.55. The maximum atomic E-state index is 5.82. The molecule has 2 heteroatoms. The van der Waals surface area contributed by atoms with Crippen LogP contribution in [0.4, 0.5) is 0 Å². The fraction of sp³-hybridized carbons (Fsp3) is 0.143. The van der Waals surface area contributed by atoms with Crippen LogP contribution in [0.3, 0.4) is 0 Å². The molecule has 0 unspecified atom stereocenters. The molecule has 23 heavy (non-hydrogen) atoms. The van der Waals surface area contributed by atoms with E-state index in [2.05, 4.69) is 54.4 Å². The molecule has 0 N–H and O–H groups in total. The molecule has 116 valence electrons. The molecule has 3 aromatic rings. The van der Waals surface area contributed by atoms with Crippen molar-refractivity contribution in [2.24, 2.45) is 0 Å². The molecule has 0 aliphatic carbocycles. The number of benzene rings is 3. The summed E-state index contributed by atoms with van der Waals surface area (Å²) in [7, 11) is 2.14. The average Bonchev–Trinajstić information content (AvgIpc) is 2.58. The maximum Gasteiger partial charge on any atom is 0.127 e. The lowest BCUT2D eigenvalue weighted by Crippen LogP contribution is -2.17. The van der Waals surface area contributed by atoms with Gasteiger partial charge >= 0.3 is 0 Å². The van der Waals surface area contributed by atoms with E-state index in [4.69, 9.17) is 4.74 Å². The largest absolute Gasteiger partial charge is 0.457 e. The first-order chi connectivity index (χ1) is 11.3. The number of nitrogens with zero attached hydrogens (tertiary/aromatic N) is 1. The highest BCUT2D eigenvalue weighted by Gasteiger charge is 2.03. The van der Waals surface area contributed by atoms with E-state index in [1.165, 1.54) is 11.1 Å². The van der Waals surface area contributed by atoms with Crippen molar-refractivity contribution in [3.8, 4) is 11.5 Å². The molecular formula is C21H21NO. The summed E-state index contributed by atoms with van der Waals surface area (Å²) in [5.41, 5.74) is 2.61. The number of ether oxygens (including phenoxy) is 1. The van der Waals surface area contributed by atoms with Gasteiger partial charge in [0.05, 0.1) is 0 Å². The fourth-order valence-electron chi connectivity index (χ4n) is 2.55. The lowest BCUT2D eigenvalue weighted by atomic mass is 10.2. The van der Waals surface area contributed by atoms with Crippen LogP contribution in [0.5, 0.6) is 11.5 Å². The van der Waals surface area contributed by atoms with Crippen LogP contribution in [0, 0.1) is 0 Å². The van der Waals surface area contributed by atoms with Crippen LogP contribution >= 0.6 is 0 Å². The van der Waals surface area contributed by atoms with Gasteiger partial charge in [-0.25, -0.2) is 0 Å². The van der Waals surface area contributed by atoms with E-state index in [9.17, 15) is 0 Å². The molecule has 0 amide bonds. The van der Waals surface area contributed by atoms with Crippen LogP contribution < -0.4 is 4.74 Å². The third-order valence-electron chi connectivity index (χ3n) is 3.65. The van der Waals surface area contributed by atoms with Gasteiger partial charge in [-0.15, -0.1) is 0 Å². The topological polar surface area (TPSA) is 12.5 Å². The standard InChI is InChI=1S/C21H21NO/c1-22(16-18-8-4-2-5-9-18)17-19-12-14-21(15-13-19)23-20-10-6-3-7-11-20/h2-15H,16-17H2,1H3. The van der Waals surface area contributed by atoms with Crippen LogP contribution in [0.1, 0.15) is 11.1 Å². The molecular weight excluding hydrogens is 282 g/mol. The highest BCUT2D eigenvalue weighted by Crippen LogP contribution is 2.21. The van der Waals surface area contributed by atoms with Crippen LogP contribution in [-0.2, 0) is 13.1 Å². The zero-order valence-corrected chi connectivity index (χ0v) is 13.4. The Morgan fingerprint density at radius 3 is 1.70 bits per heavy atom. The highest BCUT2D eigenvalue weighted by atomic mass is 16.5. The second-order valence-electron chi connectivity index (χ2n) is 5.72. The molecule has 0 saturated carbocycles. The molecule has 0 aliphatic heterocycles. The molecule has 0 saturated heterocycles. The van der Waals surface area contributed by atoms with Crippen molar-refractivity contribution in [2.75, 3.05) is 7.05 Å². The summed E-state index contributed by atoms with van der Waals surface area (Å²) in [6, 6.07) is 28.7. The lowest BCUT2D eigenvalue weighted by Gasteiger charge is -2.17. The summed E-state index contributed by atoms with van der Waals surface area (Å²) in [5.74, 6) is 1.73. The molecule has 0 atom stereocenters. The summed E-state index contributed by atoms with van der Waals surface area (Å²) in [6.45, 7) is 1.86. The molecule has 0 heterocycles. The zero-order chi connectivity index (χ0) is 15.9. The minimum atomic E-state index is 0.862. The third kappa shape index (κ3) is 4.70. The van der Waals surface area contributed by atoms with Crippen LogP contribution in [0.25, 0.3) is 0 Å². The van der Waals surface area contributed by atoms with Gasteiger partial charge in [-0.05, 0) is 42.4 Å². The Morgan fingerprint density at radius 2 is 1.09 bits per heavy atom.